The number of fused-ring (bicyclic) bond motifs is 1. The van der Waals surface area contributed by atoms with E-state index in [0.717, 1.165) is 29.8 Å². The van der Waals surface area contributed by atoms with Gasteiger partial charge in [0, 0.05) is 24.1 Å². The summed E-state index contributed by atoms with van der Waals surface area (Å²) in [5.74, 6) is -1.13. The van der Waals surface area contributed by atoms with Crippen LogP contribution in [-0.4, -0.2) is 18.9 Å². The first-order valence-corrected chi connectivity index (χ1v) is 8.48. The van der Waals surface area contributed by atoms with E-state index in [-0.39, 0.29) is 4.90 Å². The lowest BCUT2D eigenvalue weighted by molar-refractivity contribution is 0.0946. The molecule has 3 rings (SSSR count). The quantitative estimate of drug-likeness (QED) is 0.708. The molecule has 0 aliphatic carbocycles. The van der Waals surface area contributed by atoms with Crippen molar-refractivity contribution >= 4 is 26.8 Å². The van der Waals surface area contributed by atoms with Crippen molar-refractivity contribution in [1.29, 1.82) is 0 Å². The molecule has 6 nitrogen and oxygen atoms in total. The van der Waals surface area contributed by atoms with E-state index in [1.54, 1.807) is 29.9 Å². The number of rotatable bonds is 4. The topological polar surface area (TPSA) is 80.2 Å². The third kappa shape index (κ3) is 3.01. The highest BCUT2D eigenvalue weighted by Crippen LogP contribution is 2.20. The smallest absolute Gasteiger partial charge is 0.268 e. The number of amides is 1. The fraction of sp³-hybridized carbons (Fsp3) is 0.0625. The van der Waals surface area contributed by atoms with Gasteiger partial charge in [0.1, 0.15) is 5.82 Å². The maximum atomic E-state index is 12.9. The van der Waals surface area contributed by atoms with Crippen molar-refractivity contribution in [2.45, 2.75) is 4.90 Å². The molecule has 1 aromatic heterocycles. The highest BCUT2D eigenvalue weighted by atomic mass is 32.2. The number of hydrogen-bond acceptors (Lipinski definition) is 3. The van der Waals surface area contributed by atoms with Crippen molar-refractivity contribution in [2.75, 3.05) is 0 Å². The third-order valence-electron chi connectivity index (χ3n) is 3.56. The fourth-order valence-electron chi connectivity index (χ4n) is 2.38. The van der Waals surface area contributed by atoms with Gasteiger partial charge >= 0.3 is 0 Å². The number of para-hydroxylation sites is 1. The second-order valence-electron chi connectivity index (χ2n) is 5.18. The average molecular weight is 347 g/mol. The maximum Gasteiger partial charge on any atom is 0.268 e. The number of aromatic nitrogens is 1. The number of hydrogen-bond donors (Lipinski definition) is 2. The summed E-state index contributed by atoms with van der Waals surface area (Å²) in [7, 11) is -2.19. The van der Waals surface area contributed by atoms with E-state index in [9.17, 15) is 17.6 Å². The third-order valence-corrected chi connectivity index (χ3v) is 4.83. The lowest BCUT2D eigenvalue weighted by Crippen LogP contribution is -2.41. The molecule has 0 aliphatic heterocycles. The second-order valence-corrected chi connectivity index (χ2v) is 6.87. The minimum atomic E-state index is -3.98. The van der Waals surface area contributed by atoms with Crippen LogP contribution in [0.15, 0.2) is 59.6 Å². The number of aryl methyl sites for hydroxylation is 1. The molecule has 2 aromatic carbocycles. The van der Waals surface area contributed by atoms with Crippen molar-refractivity contribution in [3.05, 3.63) is 66.1 Å². The monoisotopic (exact) mass is 347 g/mol. The Bertz CT molecular complexity index is 1010. The first kappa shape index (κ1) is 16.2. The Balaban J connectivity index is 1.81. The molecular formula is C16H14FN3O3S. The van der Waals surface area contributed by atoms with Crippen molar-refractivity contribution in [3.63, 3.8) is 0 Å². The van der Waals surface area contributed by atoms with Crippen molar-refractivity contribution < 1.29 is 17.6 Å². The van der Waals surface area contributed by atoms with Gasteiger partial charge in [0.25, 0.3) is 15.9 Å². The highest BCUT2D eigenvalue weighted by Gasteiger charge is 2.18. The van der Waals surface area contributed by atoms with Crippen molar-refractivity contribution in [1.82, 2.24) is 14.8 Å². The van der Waals surface area contributed by atoms with E-state index in [1.807, 2.05) is 17.0 Å². The lowest BCUT2D eigenvalue weighted by Gasteiger charge is -2.08. The van der Waals surface area contributed by atoms with Gasteiger partial charge in [-0.15, -0.1) is 4.83 Å². The molecule has 1 amide bonds. The van der Waals surface area contributed by atoms with E-state index in [4.69, 9.17) is 0 Å². The molecule has 0 atom stereocenters. The standard InChI is InChI=1S/C16H14FN3O3S/c1-20-10-14(13-4-2-3-5-15(13)20)16(21)18-19-24(22,23)12-8-6-11(17)7-9-12/h2-10,19H,1H3,(H,18,21). The molecule has 3 aromatic rings. The molecule has 0 saturated heterocycles. The minimum absolute atomic E-state index is 0.151. The van der Waals surface area contributed by atoms with Crippen LogP contribution in [0, 0.1) is 5.82 Å². The van der Waals surface area contributed by atoms with Gasteiger partial charge in [-0.2, -0.15) is 0 Å². The molecule has 0 fully saturated rings. The van der Waals surface area contributed by atoms with Crippen LogP contribution in [0.1, 0.15) is 10.4 Å². The van der Waals surface area contributed by atoms with E-state index < -0.39 is 21.7 Å². The minimum Gasteiger partial charge on any atom is -0.350 e. The van der Waals surface area contributed by atoms with E-state index in [1.165, 1.54) is 0 Å². The molecule has 1 heterocycles. The van der Waals surface area contributed by atoms with Crippen LogP contribution in [0.3, 0.4) is 0 Å². The number of benzene rings is 2. The number of carbonyl (C=O) groups is 1. The Morgan fingerprint density at radius 3 is 2.46 bits per heavy atom. The summed E-state index contributed by atoms with van der Waals surface area (Å²) in [4.78, 5) is 14.1. The number of sulfonamides is 1. The molecule has 0 unspecified atom stereocenters. The van der Waals surface area contributed by atoms with Crippen molar-refractivity contribution in [3.8, 4) is 0 Å². The molecule has 24 heavy (non-hydrogen) atoms. The number of halogens is 1. The summed E-state index contributed by atoms with van der Waals surface area (Å²) in [5, 5.41) is 0.707. The van der Waals surface area contributed by atoms with Crippen LogP contribution in [0.5, 0.6) is 0 Å². The van der Waals surface area contributed by atoms with E-state index in [2.05, 4.69) is 5.43 Å². The van der Waals surface area contributed by atoms with Gasteiger partial charge < -0.3 is 4.57 Å². The number of hydrazine groups is 1. The molecule has 0 aliphatic rings. The van der Waals surface area contributed by atoms with Gasteiger partial charge in [0.2, 0.25) is 0 Å². The zero-order chi connectivity index (χ0) is 17.3. The van der Waals surface area contributed by atoms with Crippen LogP contribution in [-0.2, 0) is 17.1 Å². The Morgan fingerprint density at radius 1 is 1.08 bits per heavy atom. The first-order chi connectivity index (χ1) is 11.4. The lowest BCUT2D eigenvalue weighted by atomic mass is 10.2. The summed E-state index contributed by atoms with van der Waals surface area (Å²) in [6, 6.07) is 11.6. The normalized spacial score (nSPS) is 11.6. The van der Waals surface area contributed by atoms with Crippen LogP contribution in [0.4, 0.5) is 4.39 Å². The fourth-order valence-corrected chi connectivity index (χ4v) is 3.22. The predicted octanol–water partition coefficient (Wildman–Crippen LogP) is 1.94. The number of nitrogens with one attached hydrogen (secondary N) is 2. The average Bonchev–Trinajstić information content (AvgIpc) is 2.91. The molecule has 124 valence electrons. The zero-order valence-corrected chi connectivity index (χ0v) is 13.5. The van der Waals surface area contributed by atoms with Gasteiger partial charge in [-0.1, -0.05) is 18.2 Å². The Morgan fingerprint density at radius 2 is 1.75 bits per heavy atom. The zero-order valence-electron chi connectivity index (χ0n) is 12.7. The van der Waals surface area contributed by atoms with Gasteiger partial charge in [-0.25, -0.2) is 12.8 Å². The molecular weight excluding hydrogens is 333 g/mol. The first-order valence-electron chi connectivity index (χ1n) is 7.00. The van der Waals surface area contributed by atoms with Crippen LogP contribution in [0.25, 0.3) is 10.9 Å². The SMILES string of the molecule is Cn1cc(C(=O)NNS(=O)(=O)c2ccc(F)cc2)c2ccccc21. The van der Waals surface area contributed by atoms with Crippen LogP contribution < -0.4 is 10.3 Å². The molecule has 0 spiro atoms. The van der Waals surface area contributed by atoms with E-state index >= 15 is 0 Å². The van der Waals surface area contributed by atoms with Crippen molar-refractivity contribution in [2.24, 2.45) is 7.05 Å². The molecule has 0 radical (unpaired) electrons. The van der Waals surface area contributed by atoms with Gasteiger partial charge in [0.15, 0.2) is 0 Å². The molecule has 2 N–H and O–H groups in total. The summed E-state index contributed by atoms with van der Waals surface area (Å²) in [5.41, 5.74) is 3.37. The predicted molar refractivity (Wildman–Crippen MR) is 87.1 cm³/mol. The van der Waals surface area contributed by atoms with Gasteiger partial charge in [-0.3, -0.25) is 10.2 Å². The summed E-state index contributed by atoms with van der Waals surface area (Å²) in [6.45, 7) is 0. The Kier molecular flexibility index (Phi) is 4.08. The Labute approximate surface area is 137 Å². The summed E-state index contributed by atoms with van der Waals surface area (Å²) >= 11 is 0. The maximum absolute atomic E-state index is 12.9. The highest BCUT2D eigenvalue weighted by molar-refractivity contribution is 7.89. The number of nitrogens with zero attached hydrogens (tertiary/aromatic N) is 1. The summed E-state index contributed by atoms with van der Waals surface area (Å²) < 4.78 is 38.8. The van der Waals surface area contributed by atoms with E-state index in [0.29, 0.717) is 10.9 Å². The largest absolute Gasteiger partial charge is 0.350 e. The molecule has 8 heteroatoms. The van der Waals surface area contributed by atoms with Crippen LogP contribution >= 0.6 is 0 Å². The summed E-state index contributed by atoms with van der Waals surface area (Å²) in [6.07, 6.45) is 1.62. The van der Waals surface area contributed by atoms with Crippen LogP contribution in [0.2, 0.25) is 0 Å². The second kappa shape index (κ2) is 6.06. The number of carbonyl (C=O) groups excluding carboxylic acids is 1. The van der Waals surface area contributed by atoms with Gasteiger partial charge in [-0.05, 0) is 30.3 Å². The Hall–Kier alpha value is -2.71. The molecule has 0 saturated carbocycles. The van der Waals surface area contributed by atoms with Gasteiger partial charge in [0.05, 0.1) is 10.5 Å². The molecule has 0 bridgehead atoms.